The van der Waals surface area contributed by atoms with Crippen molar-refractivity contribution in [2.75, 3.05) is 45.0 Å². The highest BCUT2D eigenvalue weighted by molar-refractivity contribution is 8.00. The van der Waals surface area contributed by atoms with Gasteiger partial charge in [0, 0.05) is 104 Å². The number of aliphatic imine (C=N–C) groups is 2. The lowest BCUT2D eigenvalue weighted by atomic mass is 9.82. The van der Waals surface area contributed by atoms with Crippen molar-refractivity contribution in [3.63, 3.8) is 0 Å². The molecule has 7 rings (SSSR count). The van der Waals surface area contributed by atoms with Crippen LogP contribution in [0.3, 0.4) is 0 Å². The molecule has 1 saturated carbocycles. The van der Waals surface area contributed by atoms with Crippen LogP contribution < -0.4 is 21.1 Å². The van der Waals surface area contributed by atoms with E-state index in [9.17, 15) is 50.7 Å². The third-order valence-corrected chi connectivity index (χ3v) is 14.9. The van der Waals surface area contributed by atoms with Crippen LogP contribution in [-0.4, -0.2) is 113 Å². The molecule has 3 aliphatic heterocycles. The number of thioether (sulfide) groups is 1. The fraction of sp³-hybridized carbons (Fsp3) is 0.418. The average molecular weight is 1070 g/mol. The Morgan fingerprint density at radius 2 is 1.58 bits per heavy atom. The number of rotatable bonds is 20. The molecule has 3 aromatic carbocycles. The normalized spacial score (nSPS) is 19.1. The first kappa shape index (κ1) is 56.7. The van der Waals surface area contributed by atoms with Crippen molar-refractivity contribution < 1.29 is 55.5 Å². The molecule has 5 amide bonds. The number of halogens is 5. The lowest BCUT2D eigenvalue weighted by molar-refractivity contribution is -0.143. The predicted octanol–water partition coefficient (Wildman–Crippen LogP) is 8.30. The van der Waals surface area contributed by atoms with Gasteiger partial charge < -0.3 is 26.0 Å². The van der Waals surface area contributed by atoms with Crippen LogP contribution in [0.25, 0.3) is 6.08 Å². The number of benzene rings is 3. The van der Waals surface area contributed by atoms with Crippen molar-refractivity contribution in [3.8, 4) is 5.75 Å². The van der Waals surface area contributed by atoms with Gasteiger partial charge in [-0.3, -0.25) is 43.6 Å². The Morgan fingerprint density at radius 3 is 2.24 bits per heavy atom. The Bertz CT molecular complexity index is 2870. The third-order valence-electron chi connectivity index (χ3n) is 13.7. The number of amidine groups is 1. The summed E-state index contributed by atoms with van der Waals surface area (Å²) >= 11 is 1.26. The molecular weight excluding hydrogens is 1010 g/mol. The molecule has 1 unspecified atom stereocenters. The predicted molar refractivity (Wildman–Crippen MR) is 279 cm³/mol. The molecule has 1 saturated heterocycles. The second-order valence-electron chi connectivity index (χ2n) is 19.3. The number of amides is 5. The van der Waals surface area contributed by atoms with Crippen LogP contribution in [0.5, 0.6) is 5.75 Å². The molecule has 0 spiro atoms. The standard InChI is InChI=1S/C55H61F5N8O7S/c1-5-19-67(20-6-2)53(72)38-24-36-15-16-37(25-41(36)65-43(61)26-38)52(71)64-31(3)23-39-30-66(21-17-40(39)62-4)28-32-7-11-34(12-8-32)51(70)63-18-22-76-42-27-44(69)68(54(42)73)29-33-9-13-35(14-10-33)55(74)75-50-48(59)46(57)45(56)47(58)49(50)60/h7-8,11-12,15-16,23-25,33,35,42H,4-6,9-10,13-14,17-22,26-30H2,1-3H3,(H2,61,65)(H,63,70)(H,64,71)/b31-23+. The van der Waals surface area contributed by atoms with E-state index in [0.29, 0.717) is 91.4 Å². The number of hydrogen-bond donors (Lipinski definition) is 3. The van der Waals surface area contributed by atoms with E-state index in [0.717, 1.165) is 29.7 Å². The second-order valence-corrected chi connectivity index (χ2v) is 20.6. The first-order chi connectivity index (χ1) is 36.4. The highest BCUT2D eigenvalue weighted by atomic mass is 32.2. The summed E-state index contributed by atoms with van der Waals surface area (Å²) in [6.45, 7) is 13.1. The van der Waals surface area contributed by atoms with E-state index in [2.05, 4.69) is 37.0 Å². The highest BCUT2D eigenvalue weighted by Gasteiger charge is 2.41. The number of hydrogen-bond acceptors (Lipinski definition) is 12. The number of allylic oxidation sites excluding steroid dienone is 1. The summed E-state index contributed by atoms with van der Waals surface area (Å²) in [4.78, 5) is 92.8. The maximum Gasteiger partial charge on any atom is 0.314 e. The maximum absolute atomic E-state index is 14.1. The van der Waals surface area contributed by atoms with Gasteiger partial charge in [0.25, 0.3) is 11.8 Å². The van der Waals surface area contributed by atoms with Crippen LogP contribution in [0.4, 0.5) is 27.6 Å². The number of nitrogens with zero attached hydrogens (tertiary/aromatic N) is 5. The molecule has 0 radical (unpaired) electrons. The van der Waals surface area contributed by atoms with E-state index in [4.69, 9.17) is 5.73 Å². The quantitative estimate of drug-likeness (QED) is 0.0145. The lowest BCUT2D eigenvalue weighted by Gasteiger charge is -2.29. The van der Waals surface area contributed by atoms with E-state index in [1.807, 2.05) is 43.0 Å². The number of nitrogens with one attached hydrogen (secondary N) is 2. The topological polar surface area (TPSA) is 196 Å². The van der Waals surface area contributed by atoms with Gasteiger partial charge in [-0.2, -0.15) is 8.78 Å². The van der Waals surface area contributed by atoms with Crippen LogP contribution in [0, 0.1) is 40.9 Å². The summed E-state index contributed by atoms with van der Waals surface area (Å²) in [5.74, 6) is -15.9. The first-order valence-corrected chi connectivity index (χ1v) is 26.4. The largest absolute Gasteiger partial charge is 0.420 e. The molecule has 0 bridgehead atoms. The zero-order valence-electron chi connectivity index (χ0n) is 42.6. The molecule has 1 atom stereocenters. The SMILES string of the molecule is C=NC1=C(/C=C(\C)NC(=O)c2ccc3c(c2)N=C(N)CC(C(=O)N(CCC)CCC)=C3)CN(Cc2ccc(C(=O)NCCSC3CC(=O)N(CC4CCC(C(=O)Oc5c(F)c(F)c(F)c(F)c5F)CC4)C3=O)cc2)CC1. The van der Waals surface area contributed by atoms with Gasteiger partial charge in [-0.25, -0.2) is 18.2 Å². The number of fused-ring (bicyclic) bond motifs is 1. The van der Waals surface area contributed by atoms with Gasteiger partial charge in [-0.05, 0) is 106 Å². The molecule has 76 heavy (non-hydrogen) atoms. The van der Waals surface area contributed by atoms with Crippen molar-refractivity contribution in [1.82, 2.24) is 25.3 Å². The van der Waals surface area contributed by atoms with Crippen LogP contribution >= 0.6 is 11.8 Å². The molecule has 1 aliphatic carbocycles. The van der Waals surface area contributed by atoms with Gasteiger partial charge in [0.05, 0.1) is 16.9 Å². The summed E-state index contributed by atoms with van der Waals surface area (Å²) in [6.07, 6.45) is 7.21. The number of nitrogens with two attached hydrogens (primary N) is 1. The van der Waals surface area contributed by atoms with E-state index in [1.54, 1.807) is 37.3 Å². The van der Waals surface area contributed by atoms with Gasteiger partial charge >= 0.3 is 5.97 Å². The number of likely N-dealkylation sites (tertiary alicyclic amines) is 1. The van der Waals surface area contributed by atoms with Crippen LogP contribution in [0.1, 0.15) is 110 Å². The summed E-state index contributed by atoms with van der Waals surface area (Å²) in [5.41, 5.74) is 12.2. The smallest absolute Gasteiger partial charge is 0.314 e. The van der Waals surface area contributed by atoms with Gasteiger partial charge in [0.2, 0.25) is 52.6 Å². The van der Waals surface area contributed by atoms with Crippen molar-refractivity contribution in [1.29, 1.82) is 0 Å². The number of ether oxygens (including phenoxy) is 1. The lowest BCUT2D eigenvalue weighted by Crippen LogP contribution is -2.38. The van der Waals surface area contributed by atoms with Crippen molar-refractivity contribution >= 4 is 71.6 Å². The molecule has 15 nitrogen and oxygen atoms in total. The van der Waals surface area contributed by atoms with Gasteiger partial charge in [0.15, 0.2) is 0 Å². The molecule has 4 N–H and O–H groups in total. The minimum Gasteiger partial charge on any atom is -0.420 e. The van der Waals surface area contributed by atoms with Crippen molar-refractivity contribution in [2.24, 2.45) is 27.6 Å². The minimum absolute atomic E-state index is 0.0136. The van der Waals surface area contributed by atoms with Crippen LogP contribution in [-0.2, 0) is 25.7 Å². The zero-order chi connectivity index (χ0) is 54.8. The number of carbonyl (C=O) groups is 6. The number of imide groups is 1. The molecule has 4 aliphatic rings. The average Bonchev–Trinajstić information content (AvgIpc) is 3.54. The fourth-order valence-electron chi connectivity index (χ4n) is 9.72. The molecule has 3 aromatic rings. The fourth-order valence-corrected chi connectivity index (χ4v) is 10.8. The van der Waals surface area contributed by atoms with Crippen LogP contribution in [0.2, 0.25) is 0 Å². The van der Waals surface area contributed by atoms with Gasteiger partial charge in [0.1, 0.15) is 5.84 Å². The molecule has 21 heteroatoms. The van der Waals surface area contributed by atoms with Crippen molar-refractivity contribution in [2.45, 2.75) is 90.4 Å². The summed E-state index contributed by atoms with van der Waals surface area (Å²) in [5, 5.41) is 5.20. The zero-order valence-corrected chi connectivity index (χ0v) is 43.4. The van der Waals surface area contributed by atoms with E-state index in [-0.39, 0.29) is 80.1 Å². The summed E-state index contributed by atoms with van der Waals surface area (Å²) in [6, 6.07) is 12.4. The van der Waals surface area contributed by atoms with Crippen LogP contribution in [0.15, 0.2) is 81.1 Å². The molecule has 0 aromatic heterocycles. The minimum atomic E-state index is -2.37. The van der Waals surface area contributed by atoms with Gasteiger partial charge in [-0.15, -0.1) is 11.8 Å². The van der Waals surface area contributed by atoms with E-state index < -0.39 is 52.0 Å². The van der Waals surface area contributed by atoms with E-state index in [1.165, 1.54) is 16.7 Å². The Labute approximate surface area is 441 Å². The Hall–Kier alpha value is -7.00. The number of carbonyl (C=O) groups excluding carboxylic acids is 6. The number of esters is 1. The third kappa shape index (κ3) is 13.7. The van der Waals surface area contributed by atoms with Crippen molar-refractivity contribution in [3.05, 3.63) is 122 Å². The maximum atomic E-state index is 14.1. The Balaban J connectivity index is 0.837. The van der Waals surface area contributed by atoms with E-state index >= 15 is 0 Å². The first-order valence-electron chi connectivity index (χ1n) is 25.3. The van der Waals surface area contributed by atoms with Gasteiger partial charge in [-0.1, -0.05) is 32.0 Å². The summed E-state index contributed by atoms with van der Waals surface area (Å²) < 4.78 is 73.3. The second kappa shape index (κ2) is 25.7. The summed E-state index contributed by atoms with van der Waals surface area (Å²) in [7, 11) is 0. The monoisotopic (exact) mass is 1070 g/mol. The Morgan fingerprint density at radius 1 is 0.921 bits per heavy atom. The molecule has 404 valence electrons. The molecular formula is C55H61F5N8O7S. The molecule has 3 heterocycles. The molecule has 2 fully saturated rings. The Kier molecular flexibility index (Phi) is 19.2. The highest BCUT2D eigenvalue weighted by Crippen LogP contribution is 2.36.